The Morgan fingerprint density at radius 1 is 1.08 bits per heavy atom. The molecular weight excluding hydrogens is 324 g/mol. The Morgan fingerprint density at radius 2 is 1.80 bits per heavy atom. The van der Waals surface area contributed by atoms with Gasteiger partial charge in [-0.05, 0) is 43.2 Å². The van der Waals surface area contributed by atoms with E-state index in [0.29, 0.717) is 35.9 Å². The average Bonchev–Trinajstić information content (AvgIpc) is 2.63. The smallest absolute Gasteiger partial charge is 0.139 e. The van der Waals surface area contributed by atoms with E-state index in [9.17, 15) is 8.78 Å². The number of nitrogens with one attached hydrogen (secondary N) is 1. The van der Waals surface area contributed by atoms with Crippen molar-refractivity contribution in [1.29, 1.82) is 0 Å². The van der Waals surface area contributed by atoms with E-state index in [4.69, 9.17) is 9.47 Å². The largest absolute Gasteiger partial charge is 0.495 e. The Hall–Kier alpha value is -2.58. The zero-order valence-corrected chi connectivity index (χ0v) is 13.9. The molecule has 0 atom stereocenters. The number of hydrogen-bond donors (Lipinski definition) is 1. The SMILES string of the molecule is COc1cc(F)cc(Nc2ccc(F)cc2)c1C#CC1CCOCC1. The molecule has 1 aliphatic rings. The summed E-state index contributed by atoms with van der Waals surface area (Å²) in [4.78, 5) is 0. The second-order valence-corrected chi connectivity index (χ2v) is 5.82. The van der Waals surface area contributed by atoms with Crippen molar-refractivity contribution >= 4 is 11.4 Å². The Kier molecular flexibility index (Phi) is 5.52. The molecule has 130 valence electrons. The summed E-state index contributed by atoms with van der Waals surface area (Å²) in [7, 11) is 1.48. The van der Waals surface area contributed by atoms with Crippen molar-refractivity contribution in [3.05, 3.63) is 53.6 Å². The lowest BCUT2D eigenvalue weighted by molar-refractivity contribution is 0.0807. The van der Waals surface area contributed by atoms with Crippen LogP contribution in [0.4, 0.5) is 20.2 Å². The summed E-state index contributed by atoms with van der Waals surface area (Å²) in [5.74, 6) is 6.22. The van der Waals surface area contributed by atoms with Gasteiger partial charge in [0.05, 0.1) is 18.4 Å². The predicted octanol–water partition coefficient (Wildman–Crippen LogP) is 4.50. The van der Waals surface area contributed by atoms with Gasteiger partial charge in [0.25, 0.3) is 0 Å². The van der Waals surface area contributed by atoms with Crippen LogP contribution in [0.25, 0.3) is 0 Å². The number of benzene rings is 2. The number of hydrogen-bond acceptors (Lipinski definition) is 3. The summed E-state index contributed by atoms with van der Waals surface area (Å²) in [6, 6.07) is 8.52. The van der Waals surface area contributed by atoms with Crippen LogP contribution in [0.3, 0.4) is 0 Å². The number of rotatable bonds is 3. The zero-order chi connectivity index (χ0) is 17.6. The molecule has 25 heavy (non-hydrogen) atoms. The molecule has 1 saturated heterocycles. The summed E-state index contributed by atoms with van der Waals surface area (Å²) in [5.41, 5.74) is 1.71. The number of methoxy groups -OCH3 is 1. The van der Waals surface area contributed by atoms with Gasteiger partial charge >= 0.3 is 0 Å². The van der Waals surface area contributed by atoms with Crippen LogP contribution in [0.5, 0.6) is 5.75 Å². The first-order chi connectivity index (χ1) is 12.2. The molecule has 0 aliphatic carbocycles. The molecule has 0 saturated carbocycles. The highest BCUT2D eigenvalue weighted by molar-refractivity contribution is 5.71. The second-order valence-electron chi connectivity index (χ2n) is 5.82. The Morgan fingerprint density at radius 3 is 2.48 bits per heavy atom. The second kappa shape index (κ2) is 8.00. The molecule has 0 radical (unpaired) electrons. The van der Waals surface area contributed by atoms with E-state index in [1.54, 1.807) is 12.1 Å². The summed E-state index contributed by atoms with van der Waals surface area (Å²) >= 11 is 0. The van der Waals surface area contributed by atoms with Gasteiger partial charge in [0.15, 0.2) is 0 Å². The van der Waals surface area contributed by atoms with Gasteiger partial charge in [-0.25, -0.2) is 8.78 Å². The zero-order valence-electron chi connectivity index (χ0n) is 13.9. The molecule has 2 aromatic rings. The molecule has 0 spiro atoms. The quantitative estimate of drug-likeness (QED) is 0.833. The molecule has 0 amide bonds. The highest BCUT2D eigenvalue weighted by Gasteiger charge is 2.13. The lowest BCUT2D eigenvalue weighted by Gasteiger charge is -2.17. The first-order valence-electron chi connectivity index (χ1n) is 8.15. The van der Waals surface area contributed by atoms with E-state index in [-0.39, 0.29) is 11.7 Å². The number of halogens is 2. The van der Waals surface area contributed by atoms with E-state index in [2.05, 4.69) is 17.2 Å². The molecule has 0 aromatic heterocycles. The predicted molar refractivity (Wildman–Crippen MR) is 93.1 cm³/mol. The fraction of sp³-hybridized carbons (Fsp3) is 0.300. The van der Waals surface area contributed by atoms with Gasteiger partial charge in [0.1, 0.15) is 17.4 Å². The third-order valence-corrected chi connectivity index (χ3v) is 4.03. The lowest BCUT2D eigenvalue weighted by atomic mass is 10.00. The van der Waals surface area contributed by atoms with Crippen LogP contribution >= 0.6 is 0 Å². The Balaban J connectivity index is 1.94. The molecule has 3 rings (SSSR count). The number of ether oxygens (including phenoxy) is 2. The third-order valence-electron chi connectivity index (χ3n) is 4.03. The molecule has 1 N–H and O–H groups in total. The summed E-state index contributed by atoms with van der Waals surface area (Å²) < 4.78 is 37.6. The van der Waals surface area contributed by atoms with Gasteiger partial charge in [0, 0.05) is 30.9 Å². The topological polar surface area (TPSA) is 30.5 Å². The molecule has 3 nitrogen and oxygen atoms in total. The van der Waals surface area contributed by atoms with Crippen LogP contribution in [-0.4, -0.2) is 20.3 Å². The summed E-state index contributed by atoms with van der Waals surface area (Å²) in [5, 5.41) is 3.09. The maximum absolute atomic E-state index is 13.9. The van der Waals surface area contributed by atoms with E-state index >= 15 is 0 Å². The molecular formula is C20H19F2NO2. The lowest BCUT2D eigenvalue weighted by Crippen LogP contribution is -2.14. The highest BCUT2D eigenvalue weighted by atomic mass is 19.1. The summed E-state index contributed by atoms with van der Waals surface area (Å²) in [6.07, 6.45) is 1.77. The fourth-order valence-electron chi connectivity index (χ4n) is 2.68. The van der Waals surface area contributed by atoms with Gasteiger partial charge in [-0.2, -0.15) is 0 Å². The standard InChI is InChI=1S/C20H19F2NO2/c1-24-20-13-16(22)12-19(23-17-5-3-15(21)4-6-17)18(20)7-2-14-8-10-25-11-9-14/h3-6,12-14,23H,8-11H2,1H3. The molecule has 2 aromatic carbocycles. The fourth-order valence-corrected chi connectivity index (χ4v) is 2.68. The van der Waals surface area contributed by atoms with E-state index < -0.39 is 5.82 Å². The van der Waals surface area contributed by atoms with Gasteiger partial charge in [0.2, 0.25) is 0 Å². The molecule has 1 heterocycles. The van der Waals surface area contributed by atoms with Crippen molar-refractivity contribution < 1.29 is 18.3 Å². The maximum Gasteiger partial charge on any atom is 0.139 e. The first-order valence-corrected chi connectivity index (χ1v) is 8.15. The molecule has 1 fully saturated rings. The van der Waals surface area contributed by atoms with Crippen LogP contribution in [0.15, 0.2) is 36.4 Å². The Bertz CT molecular complexity index is 788. The molecule has 5 heteroatoms. The van der Waals surface area contributed by atoms with Crippen LogP contribution < -0.4 is 10.1 Å². The van der Waals surface area contributed by atoms with Crippen LogP contribution in [0, 0.1) is 29.4 Å². The van der Waals surface area contributed by atoms with Crippen LogP contribution in [0.2, 0.25) is 0 Å². The summed E-state index contributed by atoms with van der Waals surface area (Å²) in [6.45, 7) is 1.42. The molecule has 0 bridgehead atoms. The Labute approximate surface area is 146 Å². The third kappa shape index (κ3) is 4.49. The van der Waals surface area contributed by atoms with Crippen molar-refractivity contribution in [1.82, 2.24) is 0 Å². The van der Waals surface area contributed by atoms with Gasteiger partial charge in [-0.1, -0.05) is 11.8 Å². The average molecular weight is 343 g/mol. The van der Waals surface area contributed by atoms with Gasteiger partial charge < -0.3 is 14.8 Å². The van der Waals surface area contributed by atoms with Gasteiger partial charge in [-0.3, -0.25) is 0 Å². The minimum atomic E-state index is -0.432. The van der Waals surface area contributed by atoms with Crippen LogP contribution in [0.1, 0.15) is 18.4 Å². The minimum Gasteiger partial charge on any atom is -0.495 e. The van der Waals surface area contributed by atoms with Crippen LogP contribution in [-0.2, 0) is 4.74 Å². The minimum absolute atomic E-state index is 0.252. The normalized spacial score (nSPS) is 14.5. The highest BCUT2D eigenvalue weighted by Crippen LogP contribution is 2.30. The van der Waals surface area contributed by atoms with Crippen molar-refractivity contribution in [3.63, 3.8) is 0 Å². The maximum atomic E-state index is 13.9. The number of anilines is 2. The van der Waals surface area contributed by atoms with Gasteiger partial charge in [-0.15, -0.1) is 0 Å². The van der Waals surface area contributed by atoms with E-state index in [0.717, 1.165) is 12.8 Å². The van der Waals surface area contributed by atoms with E-state index in [1.807, 2.05) is 0 Å². The van der Waals surface area contributed by atoms with Crippen molar-refractivity contribution in [3.8, 4) is 17.6 Å². The van der Waals surface area contributed by atoms with Crippen molar-refractivity contribution in [2.45, 2.75) is 12.8 Å². The van der Waals surface area contributed by atoms with Crippen molar-refractivity contribution in [2.75, 3.05) is 25.6 Å². The molecule has 0 unspecified atom stereocenters. The first kappa shape index (κ1) is 17.2. The monoisotopic (exact) mass is 343 g/mol. The van der Waals surface area contributed by atoms with Crippen molar-refractivity contribution in [2.24, 2.45) is 5.92 Å². The van der Waals surface area contributed by atoms with E-state index in [1.165, 1.54) is 31.4 Å². The molecule has 1 aliphatic heterocycles.